The average Bonchev–Trinajstić information content (AvgIpc) is 2.89. The van der Waals surface area contributed by atoms with Crippen molar-refractivity contribution in [3.05, 3.63) is 36.0 Å². The van der Waals surface area contributed by atoms with E-state index in [9.17, 15) is 0 Å². The topological polar surface area (TPSA) is 94.9 Å². The summed E-state index contributed by atoms with van der Waals surface area (Å²) in [5.74, 6) is 3.19. The maximum Gasteiger partial charge on any atom is 0.194 e. The minimum Gasteiger partial charge on any atom is -0.490 e. The van der Waals surface area contributed by atoms with Crippen molar-refractivity contribution in [3.63, 3.8) is 0 Å². The lowest BCUT2D eigenvalue weighted by Gasteiger charge is -2.10. The van der Waals surface area contributed by atoms with Crippen LogP contribution in [-0.2, 0) is 13.0 Å². The second kappa shape index (κ2) is 7.72. The number of benzene rings is 1. The highest BCUT2D eigenvalue weighted by atomic mass is 16.5. The minimum atomic E-state index is 0.304. The lowest BCUT2D eigenvalue weighted by molar-refractivity contribution is 0.297. The van der Waals surface area contributed by atoms with Gasteiger partial charge in [-0.25, -0.2) is 9.98 Å². The summed E-state index contributed by atoms with van der Waals surface area (Å²) in [6.07, 6.45) is 4.39. The molecule has 3 N–H and O–H groups in total. The van der Waals surface area contributed by atoms with Gasteiger partial charge in [0.25, 0.3) is 0 Å². The van der Waals surface area contributed by atoms with Crippen molar-refractivity contribution in [2.45, 2.75) is 32.7 Å². The number of hydrogen-bond donors (Lipinski definition) is 2. The van der Waals surface area contributed by atoms with Gasteiger partial charge in [-0.05, 0) is 18.6 Å². The number of hydrogen-bond acceptors (Lipinski definition) is 5. The number of aliphatic imine (C=N–C) groups is 1. The Morgan fingerprint density at radius 3 is 2.96 bits per heavy atom. The van der Waals surface area contributed by atoms with Crippen LogP contribution in [0.2, 0.25) is 0 Å². The normalized spacial score (nSPS) is 14.3. The second-order valence-corrected chi connectivity index (χ2v) is 5.51. The minimum absolute atomic E-state index is 0.304. The second-order valence-electron chi connectivity index (χ2n) is 5.51. The molecular formula is C17H22N4O3. The molecule has 0 saturated carbocycles. The zero-order valence-electron chi connectivity index (χ0n) is 13.7. The van der Waals surface area contributed by atoms with E-state index in [0.29, 0.717) is 37.2 Å². The largest absolute Gasteiger partial charge is 0.490 e. The molecule has 0 spiro atoms. The fourth-order valence-corrected chi connectivity index (χ4v) is 2.34. The Bertz CT molecular complexity index is 712. The molecule has 1 aliphatic heterocycles. The van der Waals surface area contributed by atoms with Crippen molar-refractivity contribution in [2.75, 3.05) is 18.5 Å². The van der Waals surface area contributed by atoms with Crippen LogP contribution in [0.3, 0.4) is 0 Å². The van der Waals surface area contributed by atoms with Crippen molar-refractivity contribution in [1.29, 1.82) is 0 Å². The Balaban J connectivity index is 1.61. The van der Waals surface area contributed by atoms with E-state index in [2.05, 4.69) is 22.2 Å². The van der Waals surface area contributed by atoms with Crippen LogP contribution in [0.25, 0.3) is 0 Å². The number of nitrogens with two attached hydrogens (primary N) is 1. The van der Waals surface area contributed by atoms with Crippen molar-refractivity contribution in [3.8, 4) is 11.5 Å². The van der Waals surface area contributed by atoms with Gasteiger partial charge < -0.3 is 24.9 Å². The van der Waals surface area contributed by atoms with E-state index in [0.717, 1.165) is 36.6 Å². The summed E-state index contributed by atoms with van der Waals surface area (Å²) < 4.78 is 16.8. The molecule has 2 heterocycles. The first kappa shape index (κ1) is 16.2. The first-order valence-corrected chi connectivity index (χ1v) is 8.15. The van der Waals surface area contributed by atoms with Gasteiger partial charge in [-0.1, -0.05) is 6.92 Å². The molecule has 0 atom stereocenters. The van der Waals surface area contributed by atoms with E-state index in [-0.39, 0.29) is 0 Å². The Morgan fingerprint density at radius 1 is 1.29 bits per heavy atom. The highest BCUT2D eigenvalue weighted by molar-refractivity contribution is 5.92. The zero-order chi connectivity index (χ0) is 16.8. The monoisotopic (exact) mass is 330 g/mol. The highest BCUT2D eigenvalue weighted by Gasteiger charge is 2.11. The molecule has 0 bridgehead atoms. The first-order valence-electron chi connectivity index (χ1n) is 8.15. The number of ether oxygens (including phenoxy) is 2. The Kier molecular flexibility index (Phi) is 5.20. The van der Waals surface area contributed by atoms with Gasteiger partial charge in [-0.3, -0.25) is 0 Å². The molecule has 7 nitrogen and oxygen atoms in total. The van der Waals surface area contributed by atoms with Gasteiger partial charge in [0.15, 0.2) is 23.3 Å². The van der Waals surface area contributed by atoms with Crippen LogP contribution in [0.1, 0.15) is 31.4 Å². The number of nitrogens with one attached hydrogen (secondary N) is 1. The molecule has 2 aromatic rings. The molecule has 1 aliphatic rings. The third-order valence-electron chi connectivity index (χ3n) is 3.49. The van der Waals surface area contributed by atoms with Crippen LogP contribution < -0.4 is 20.5 Å². The number of fused-ring (bicyclic) bond motifs is 1. The van der Waals surface area contributed by atoms with Crippen LogP contribution >= 0.6 is 0 Å². The summed E-state index contributed by atoms with van der Waals surface area (Å²) in [4.78, 5) is 8.47. The Hall–Kier alpha value is -2.70. The van der Waals surface area contributed by atoms with Gasteiger partial charge in [0, 0.05) is 24.6 Å². The van der Waals surface area contributed by atoms with E-state index in [1.54, 1.807) is 6.20 Å². The van der Waals surface area contributed by atoms with Crippen LogP contribution in [0.15, 0.2) is 33.8 Å². The number of anilines is 1. The van der Waals surface area contributed by atoms with E-state index in [4.69, 9.17) is 19.6 Å². The van der Waals surface area contributed by atoms with Gasteiger partial charge in [-0.2, -0.15) is 0 Å². The zero-order valence-corrected chi connectivity index (χ0v) is 13.7. The van der Waals surface area contributed by atoms with Crippen molar-refractivity contribution < 1.29 is 13.9 Å². The van der Waals surface area contributed by atoms with Crippen LogP contribution in [0, 0.1) is 0 Å². The van der Waals surface area contributed by atoms with E-state index in [1.165, 1.54) is 0 Å². The standard InChI is InChI=1S/C17H22N4O3/c1-2-4-16-19-10-13(24-16)11-20-17(18)21-12-5-6-14-15(9-12)23-8-3-7-22-14/h5-6,9-10H,2-4,7-8,11H2,1H3,(H3,18,20,21). The maximum atomic E-state index is 5.93. The lowest BCUT2D eigenvalue weighted by Crippen LogP contribution is -2.22. The summed E-state index contributed by atoms with van der Waals surface area (Å²) in [6, 6.07) is 5.60. The third kappa shape index (κ3) is 4.18. The van der Waals surface area contributed by atoms with E-state index in [1.807, 2.05) is 18.2 Å². The summed E-state index contributed by atoms with van der Waals surface area (Å²) in [7, 11) is 0. The SMILES string of the molecule is CCCc1ncc(CN=C(N)Nc2ccc3c(c2)OCCCO3)o1. The summed E-state index contributed by atoms with van der Waals surface area (Å²) in [5, 5.41) is 3.04. The number of oxazole rings is 1. The quantitative estimate of drug-likeness (QED) is 0.646. The van der Waals surface area contributed by atoms with Crippen molar-refractivity contribution in [2.24, 2.45) is 10.7 Å². The molecular weight excluding hydrogens is 308 g/mol. The molecule has 24 heavy (non-hydrogen) atoms. The van der Waals surface area contributed by atoms with Crippen LogP contribution in [0.4, 0.5) is 5.69 Å². The predicted octanol–water partition coefficient (Wildman–Crippen LogP) is 2.72. The summed E-state index contributed by atoms with van der Waals surface area (Å²) in [5.41, 5.74) is 6.73. The van der Waals surface area contributed by atoms with Crippen LogP contribution in [0.5, 0.6) is 11.5 Å². The van der Waals surface area contributed by atoms with E-state index >= 15 is 0 Å². The number of aromatic nitrogens is 1. The summed E-state index contributed by atoms with van der Waals surface area (Å²) >= 11 is 0. The average molecular weight is 330 g/mol. The Morgan fingerprint density at radius 2 is 2.12 bits per heavy atom. The number of rotatable bonds is 5. The lowest BCUT2D eigenvalue weighted by atomic mass is 10.3. The van der Waals surface area contributed by atoms with Gasteiger partial charge in [0.1, 0.15) is 12.3 Å². The fraction of sp³-hybridized carbons (Fsp3) is 0.412. The number of guanidine groups is 1. The molecule has 7 heteroatoms. The molecule has 0 radical (unpaired) electrons. The Labute approximate surface area is 140 Å². The van der Waals surface area contributed by atoms with Gasteiger partial charge in [0.05, 0.1) is 19.4 Å². The van der Waals surface area contributed by atoms with Gasteiger partial charge in [-0.15, -0.1) is 0 Å². The molecule has 128 valence electrons. The molecule has 0 aliphatic carbocycles. The first-order chi connectivity index (χ1) is 11.7. The molecule has 0 saturated heterocycles. The molecule has 0 unspecified atom stereocenters. The van der Waals surface area contributed by atoms with Gasteiger partial charge >= 0.3 is 0 Å². The molecule has 0 fully saturated rings. The van der Waals surface area contributed by atoms with E-state index < -0.39 is 0 Å². The number of nitrogens with zero attached hydrogens (tertiary/aromatic N) is 2. The van der Waals surface area contributed by atoms with Crippen LogP contribution in [-0.4, -0.2) is 24.2 Å². The molecule has 3 rings (SSSR count). The third-order valence-corrected chi connectivity index (χ3v) is 3.49. The maximum absolute atomic E-state index is 5.93. The van der Waals surface area contributed by atoms with Gasteiger partial charge in [0.2, 0.25) is 0 Å². The van der Waals surface area contributed by atoms with Crippen molar-refractivity contribution >= 4 is 11.6 Å². The van der Waals surface area contributed by atoms with Crippen molar-refractivity contribution in [1.82, 2.24) is 4.98 Å². The fourth-order valence-electron chi connectivity index (χ4n) is 2.34. The smallest absolute Gasteiger partial charge is 0.194 e. The predicted molar refractivity (Wildman–Crippen MR) is 91.5 cm³/mol. The summed E-state index contributed by atoms with van der Waals surface area (Å²) in [6.45, 7) is 3.74. The molecule has 1 aromatic carbocycles. The number of aryl methyl sites for hydroxylation is 1. The molecule has 0 amide bonds. The molecule has 1 aromatic heterocycles. The highest BCUT2D eigenvalue weighted by Crippen LogP contribution is 2.32.